The Kier molecular flexibility index (Phi) is 3.75. The lowest BCUT2D eigenvalue weighted by molar-refractivity contribution is -0.145. The van der Waals surface area contributed by atoms with Gasteiger partial charge >= 0.3 is 6.18 Å². The zero-order chi connectivity index (χ0) is 15.8. The quantitative estimate of drug-likeness (QED) is 0.863. The number of aromatic nitrogens is 2. The number of hydrogen-bond donors (Lipinski definition) is 1. The first-order valence-electron chi connectivity index (χ1n) is 5.45. The second-order valence-electron chi connectivity index (χ2n) is 3.98. The third kappa shape index (κ3) is 3.06. The Hall–Kier alpha value is -2.32. The van der Waals surface area contributed by atoms with E-state index in [0.29, 0.717) is 0 Å². The van der Waals surface area contributed by atoms with Gasteiger partial charge in [-0.3, -0.25) is 4.79 Å². The smallest absolute Gasteiger partial charge is 0.302 e. The molecule has 2 aromatic rings. The van der Waals surface area contributed by atoms with Gasteiger partial charge < -0.3 is 4.98 Å². The molecule has 3 nitrogen and oxygen atoms in total. The summed E-state index contributed by atoms with van der Waals surface area (Å²) in [6.45, 7) is 0. The average Bonchev–Trinajstić information content (AvgIpc) is 2.38. The second kappa shape index (κ2) is 5.23. The maximum absolute atomic E-state index is 12.9. The maximum atomic E-state index is 12.9. The van der Waals surface area contributed by atoms with Crippen LogP contribution >= 0.6 is 0 Å². The lowest BCUT2D eigenvalue weighted by Crippen LogP contribution is -2.23. The van der Waals surface area contributed by atoms with Crippen LogP contribution in [-0.4, -0.2) is 9.97 Å². The van der Waals surface area contributed by atoms with Crippen LogP contribution in [0.2, 0.25) is 0 Å². The van der Waals surface area contributed by atoms with Crippen molar-refractivity contribution in [3.05, 3.63) is 52.0 Å². The van der Waals surface area contributed by atoms with Crippen molar-refractivity contribution in [3.63, 3.8) is 0 Å². The minimum Gasteiger partial charge on any atom is -0.302 e. The molecule has 0 saturated heterocycles. The van der Waals surface area contributed by atoms with Crippen molar-refractivity contribution in [2.45, 2.75) is 12.6 Å². The van der Waals surface area contributed by atoms with Crippen LogP contribution in [0.4, 0.5) is 26.3 Å². The van der Waals surface area contributed by atoms with Crippen LogP contribution in [0.15, 0.2) is 29.1 Å². The Morgan fingerprint density at radius 2 is 1.67 bits per heavy atom. The summed E-state index contributed by atoms with van der Waals surface area (Å²) in [5.41, 5.74) is -3.57. The molecule has 1 heterocycles. The molecule has 1 aromatic heterocycles. The van der Waals surface area contributed by atoms with Crippen molar-refractivity contribution in [2.75, 3.05) is 0 Å². The molecule has 0 fully saturated rings. The van der Waals surface area contributed by atoms with Gasteiger partial charge in [0.1, 0.15) is 11.5 Å². The largest absolute Gasteiger partial charge is 0.449 e. The summed E-state index contributed by atoms with van der Waals surface area (Å²) < 4.78 is 76.0. The van der Waals surface area contributed by atoms with Crippen LogP contribution in [0, 0.1) is 5.82 Å². The van der Waals surface area contributed by atoms with E-state index in [2.05, 4.69) is 4.98 Å². The number of H-pyrrole nitrogens is 1. The van der Waals surface area contributed by atoms with Gasteiger partial charge in [-0.15, -0.1) is 0 Å². The summed E-state index contributed by atoms with van der Waals surface area (Å²) in [4.78, 5) is 15.9. The molecular weight excluding hydrogens is 302 g/mol. The molecule has 0 radical (unpaired) electrons. The minimum absolute atomic E-state index is 0.158. The predicted octanol–water partition coefficient (Wildman–Crippen LogP) is 3.53. The lowest BCUT2D eigenvalue weighted by atomic mass is 10.1. The van der Waals surface area contributed by atoms with Gasteiger partial charge in [-0.2, -0.15) is 13.2 Å². The van der Waals surface area contributed by atoms with Crippen molar-refractivity contribution in [1.82, 2.24) is 9.97 Å². The van der Waals surface area contributed by atoms with E-state index >= 15 is 0 Å². The van der Waals surface area contributed by atoms with Crippen molar-refractivity contribution >= 4 is 0 Å². The fraction of sp³-hybridized carbons (Fsp3) is 0.167. The van der Waals surface area contributed by atoms with Crippen molar-refractivity contribution < 1.29 is 26.3 Å². The topological polar surface area (TPSA) is 45.8 Å². The zero-order valence-electron chi connectivity index (χ0n) is 10.0. The molecule has 0 aliphatic heterocycles. The molecule has 0 aliphatic rings. The summed E-state index contributed by atoms with van der Waals surface area (Å²) in [5.74, 6) is -2.50. The Morgan fingerprint density at radius 1 is 1.10 bits per heavy atom. The number of halogens is 6. The SMILES string of the molecule is O=c1[nH]c(C(F)(F)F)nc(C(F)F)c1-c1ccc(F)cc1. The van der Waals surface area contributed by atoms with E-state index in [4.69, 9.17) is 0 Å². The highest BCUT2D eigenvalue weighted by Crippen LogP contribution is 2.31. The highest BCUT2D eigenvalue weighted by molar-refractivity contribution is 5.65. The standard InChI is InChI=1S/C12H6F6N2O/c13-6-3-1-5(2-4-6)7-8(9(14)15)19-11(12(16,17)18)20-10(7)21/h1-4,9H,(H,19,20,21). The van der Waals surface area contributed by atoms with E-state index < -0.39 is 41.1 Å². The number of benzene rings is 1. The fourth-order valence-electron chi connectivity index (χ4n) is 1.68. The predicted molar refractivity (Wildman–Crippen MR) is 60.2 cm³/mol. The number of nitrogens with zero attached hydrogens (tertiary/aromatic N) is 1. The van der Waals surface area contributed by atoms with Crippen LogP contribution in [-0.2, 0) is 6.18 Å². The Balaban J connectivity index is 2.71. The first-order chi connectivity index (χ1) is 9.70. The van der Waals surface area contributed by atoms with Crippen LogP contribution < -0.4 is 5.56 Å². The lowest BCUT2D eigenvalue weighted by Gasteiger charge is -2.11. The van der Waals surface area contributed by atoms with Gasteiger partial charge in [0.05, 0.1) is 5.56 Å². The highest BCUT2D eigenvalue weighted by atomic mass is 19.4. The fourth-order valence-corrected chi connectivity index (χ4v) is 1.68. The Morgan fingerprint density at radius 3 is 2.14 bits per heavy atom. The average molecular weight is 308 g/mol. The summed E-state index contributed by atoms with van der Waals surface area (Å²) in [7, 11) is 0. The first kappa shape index (κ1) is 15.1. The molecule has 0 unspecified atom stereocenters. The number of rotatable bonds is 2. The summed E-state index contributed by atoms with van der Waals surface area (Å²) in [6, 6.07) is 3.78. The molecule has 0 aliphatic carbocycles. The molecule has 0 bridgehead atoms. The molecular formula is C12H6F6N2O. The van der Waals surface area contributed by atoms with Gasteiger partial charge in [-0.1, -0.05) is 12.1 Å². The van der Waals surface area contributed by atoms with E-state index in [9.17, 15) is 31.1 Å². The second-order valence-corrected chi connectivity index (χ2v) is 3.98. The molecule has 21 heavy (non-hydrogen) atoms. The van der Waals surface area contributed by atoms with Gasteiger partial charge in [0.15, 0.2) is 0 Å². The molecule has 2 rings (SSSR count). The van der Waals surface area contributed by atoms with Crippen LogP contribution in [0.1, 0.15) is 17.9 Å². The summed E-state index contributed by atoms with van der Waals surface area (Å²) >= 11 is 0. The molecule has 0 atom stereocenters. The van der Waals surface area contributed by atoms with E-state index in [1.807, 2.05) is 0 Å². The molecule has 1 N–H and O–H groups in total. The molecule has 0 saturated carbocycles. The highest BCUT2D eigenvalue weighted by Gasteiger charge is 2.36. The molecule has 1 aromatic carbocycles. The van der Waals surface area contributed by atoms with Gasteiger partial charge in [0.25, 0.3) is 12.0 Å². The maximum Gasteiger partial charge on any atom is 0.449 e. The van der Waals surface area contributed by atoms with E-state index in [0.717, 1.165) is 24.3 Å². The minimum atomic E-state index is -5.07. The van der Waals surface area contributed by atoms with Gasteiger partial charge in [0, 0.05) is 0 Å². The first-order valence-corrected chi connectivity index (χ1v) is 5.45. The van der Waals surface area contributed by atoms with Crippen LogP contribution in [0.25, 0.3) is 11.1 Å². The number of hydrogen-bond acceptors (Lipinski definition) is 2. The number of aromatic amines is 1. The molecule has 0 amide bonds. The Labute approximate surface area is 113 Å². The van der Waals surface area contributed by atoms with Crippen LogP contribution in [0.5, 0.6) is 0 Å². The Bertz CT molecular complexity index is 705. The monoisotopic (exact) mass is 308 g/mol. The molecule has 0 spiro atoms. The van der Waals surface area contributed by atoms with Gasteiger partial charge in [0.2, 0.25) is 5.82 Å². The zero-order valence-corrected chi connectivity index (χ0v) is 10.0. The van der Waals surface area contributed by atoms with E-state index in [1.165, 1.54) is 4.98 Å². The third-order valence-electron chi connectivity index (χ3n) is 2.56. The van der Waals surface area contributed by atoms with Gasteiger partial charge in [-0.05, 0) is 17.7 Å². The van der Waals surface area contributed by atoms with Crippen LogP contribution in [0.3, 0.4) is 0 Å². The number of nitrogens with one attached hydrogen (secondary N) is 1. The number of alkyl halides is 5. The van der Waals surface area contributed by atoms with E-state index in [1.54, 1.807) is 0 Å². The van der Waals surface area contributed by atoms with E-state index in [-0.39, 0.29) is 5.56 Å². The summed E-state index contributed by atoms with van der Waals surface area (Å²) in [6.07, 6.45) is -8.46. The summed E-state index contributed by atoms with van der Waals surface area (Å²) in [5, 5.41) is 0. The van der Waals surface area contributed by atoms with Gasteiger partial charge in [-0.25, -0.2) is 18.2 Å². The molecule has 112 valence electrons. The molecule has 9 heteroatoms. The normalized spacial score (nSPS) is 12.0. The van der Waals surface area contributed by atoms with Crippen molar-refractivity contribution in [1.29, 1.82) is 0 Å². The van der Waals surface area contributed by atoms with Crippen molar-refractivity contribution in [2.24, 2.45) is 0 Å². The van der Waals surface area contributed by atoms with Crippen molar-refractivity contribution in [3.8, 4) is 11.1 Å². The third-order valence-corrected chi connectivity index (χ3v) is 2.56.